The second kappa shape index (κ2) is 7.82. The smallest absolute Gasteiger partial charge is 0.156 e. The number of rotatable bonds is 5. The normalized spacial score (nSPS) is 13.6. The van der Waals surface area contributed by atoms with Crippen molar-refractivity contribution in [2.75, 3.05) is 0 Å². The molecule has 0 saturated heterocycles. The molecule has 2 N–H and O–H groups in total. The Hall–Kier alpha value is -2.95. The Morgan fingerprint density at radius 3 is 2.31 bits per heavy atom. The van der Waals surface area contributed by atoms with Crippen LogP contribution >= 0.6 is 11.6 Å². The summed E-state index contributed by atoms with van der Waals surface area (Å²) in [6.45, 7) is 0.866. The minimum atomic E-state index is 0.514. The molecule has 3 aromatic carbocycles. The average Bonchev–Trinajstić information content (AvgIpc) is 3.42. The van der Waals surface area contributed by atoms with Crippen molar-refractivity contribution in [1.29, 1.82) is 0 Å². The molecule has 1 heterocycles. The number of nitrogens with one attached hydrogen (secondary N) is 2. The molecule has 0 bridgehead atoms. The quantitative estimate of drug-likeness (QED) is 0.493. The van der Waals surface area contributed by atoms with Gasteiger partial charge >= 0.3 is 0 Å². The zero-order chi connectivity index (χ0) is 19.6. The number of hydrogen-bond acceptors (Lipinski definition) is 3. The number of benzene rings is 3. The third-order valence-corrected chi connectivity index (χ3v) is 5.99. The molecule has 5 heteroatoms. The van der Waals surface area contributed by atoms with Crippen LogP contribution in [0.15, 0.2) is 73.1 Å². The van der Waals surface area contributed by atoms with Gasteiger partial charge in [-0.1, -0.05) is 72.3 Å². The summed E-state index contributed by atoms with van der Waals surface area (Å²) in [5.74, 6) is 0.676. The van der Waals surface area contributed by atoms with Crippen molar-refractivity contribution in [3.8, 4) is 22.5 Å². The van der Waals surface area contributed by atoms with E-state index in [4.69, 9.17) is 11.6 Å². The Kier molecular flexibility index (Phi) is 4.88. The van der Waals surface area contributed by atoms with Gasteiger partial charge in [-0.2, -0.15) is 5.10 Å². The van der Waals surface area contributed by atoms with E-state index in [1.54, 1.807) is 0 Å². The maximum Gasteiger partial charge on any atom is 0.156 e. The van der Waals surface area contributed by atoms with Gasteiger partial charge < -0.3 is 5.32 Å². The number of halogens is 1. The van der Waals surface area contributed by atoms with Crippen LogP contribution in [-0.4, -0.2) is 21.2 Å². The van der Waals surface area contributed by atoms with Crippen LogP contribution in [0.4, 0.5) is 0 Å². The molecular formula is C24H21ClN4. The fourth-order valence-corrected chi connectivity index (χ4v) is 4.37. The molecule has 0 atom stereocenters. The third kappa shape index (κ3) is 3.69. The van der Waals surface area contributed by atoms with E-state index in [0.29, 0.717) is 16.9 Å². The van der Waals surface area contributed by atoms with E-state index < -0.39 is 0 Å². The van der Waals surface area contributed by atoms with E-state index in [1.807, 2.05) is 18.2 Å². The van der Waals surface area contributed by atoms with Gasteiger partial charge in [0.05, 0.1) is 5.02 Å². The lowest BCUT2D eigenvalue weighted by molar-refractivity contribution is 0.533. The standard InChI is InChI=1S/C24H21ClN4/c25-23-21(6-3-7-22(23)24-27-15-28-29-24)17-10-8-16(9-11-17)14-26-20-12-18-4-1-2-5-19(18)13-20/h1-11,15,20,26H,12-14H2,(H,27,28,29). The first-order chi connectivity index (χ1) is 14.3. The van der Waals surface area contributed by atoms with Crippen LogP contribution in [0.2, 0.25) is 5.02 Å². The van der Waals surface area contributed by atoms with Gasteiger partial charge in [0.2, 0.25) is 0 Å². The maximum absolute atomic E-state index is 6.67. The van der Waals surface area contributed by atoms with E-state index in [9.17, 15) is 0 Å². The summed E-state index contributed by atoms with van der Waals surface area (Å²) >= 11 is 6.67. The molecule has 0 radical (unpaired) electrons. The Labute approximate surface area is 175 Å². The first-order valence-corrected chi connectivity index (χ1v) is 10.2. The first kappa shape index (κ1) is 18.1. The van der Waals surface area contributed by atoms with Crippen molar-refractivity contribution in [3.63, 3.8) is 0 Å². The van der Waals surface area contributed by atoms with Gasteiger partial charge in [0.1, 0.15) is 6.33 Å². The SMILES string of the molecule is Clc1c(-c2ccc(CNC3Cc4ccccc4C3)cc2)cccc1-c1ncn[nH]1. The van der Waals surface area contributed by atoms with Gasteiger partial charge in [0.15, 0.2) is 5.82 Å². The van der Waals surface area contributed by atoms with Gasteiger partial charge in [-0.3, -0.25) is 5.10 Å². The summed E-state index contributed by atoms with van der Waals surface area (Å²) in [6.07, 6.45) is 3.71. The van der Waals surface area contributed by atoms with Crippen molar-refractivity contribution in [3.05, 3.63) is 94.8 Å². The molecule has 0 spiro atoms. The molecular weight excluding hydrogens is 380 g/mol. The zero-order valence-electron chi connectivity index (χ0n) is 15.9. The van der Waals surface area contributed by atoms with Crippen LogP contribution in [0.1, 0.15) is 16.7 Å². The summed E-state index contributed by atoms with van der Waals surface area (Å²) < 4.78 is 0. The molecule has 1 aromatic heterocycles. The largest absolute Gasteiger partial charge is 0.309 e. The van der Waals surface area contributed by atoms with Crippen LogP contribution in [0, 0.1) is 0 Å². The molecule has 0 amide bonds. The van der Waals surface area contributed by atoms with E-state index >= 15 is 0 Å². The molecule has 0 aliphatic heterocycles. The zero-order valence-corrected chi connectivity index (χ0v) is 16.7. The predicted octanol–water partition coefficient (Wildman–Crippen LogP) is 5.05. The van der Waals surface area contributed by atoms with Crippen LogP contribution in [0.5, 0.6) is 0 Å². The summed E-state index contributed by atoms with van der Waals surface area (Å²) in [6, 6.07) is 23.8. The number of hydrogen-bond donors (Lipinski definition) is 2. The van der Waals surface area contributed by atoms with Gasteiger partial charge in [-0.25, -0.2) is 4.98 Å². The van der Waals surface area contributed by atoms with E-state index in [1.165, 1.54) is 23.0 Å². The molecule has 29 heavy (non-hydrogen) atoms. The van der Waals surface area contributed by atoms with Gasteiger partial charge in [-0.05, 0) is 41.2 Å². The van der Waals surface area contributed by atoms with E-state index in [-0.39, 0.29) is 0 Å². The molecule has 4 aromatic rings. The highest BCUT2D eigenvalue weighted by Gasteiger charge is 2.20. The second-order valence-corrected chi connectivity index (χ2v) is 7.83. The van der Waals surface area contributed by atoms with E-state index in [2.05, 4.69) is 69.0 Å². The average molecular weight is 401 g/mol. The van der Waals surface area contributed by atoms with Gasteiger partial charge in [0, 0.05) is 23.7 Å². The summed E-state index contributed by atoms with van der Waals surface area (Å²) in [5, 5.41) is 11.2. The van der Waals surface area contributed by atoms with Crippen molar-refractivity contribution >= 4 is 11.6 Å². The Balaban J connectivity index is 1.28. The second-order valence-electron chi connectivity index (χ2n) is 7.45. The maximum atomic E-state index is 6.67. The van der Waals surface area contributed by atoms with Crippen LogP contribution in [0.3, 0.4) is 0 Å². The van der Waals surface area contributed by atoms with Crippen molar-refractivity contribution in [2.24, 2.45) is 0 Å². The lowest BCUT2D eigenvalue weighted by Gasteiger charge is -2.13. The molecule has 5 rings (SSSR count). The van der Waals surface area contributed by atoms with Gasteiger partial charge in [-0.15, -0.1) is 0 Å². The highest BCUT2D eigenvalue weighted by Crippen LogP contribution is 2.35. The number of fused-ring (bicyclic) bond motifs is 1. The minimum Gasteiger partial charge on any atom is -0.309 e. The molecule has 0 fully saturated rings. The molecule has 1 aliphatic carbocycles. The van der Waals surface area contributed by atoms with Crippen molar-refractivity contribution < 1.29 is 0 Å². The number of aromatic amines is 1. The highest BCUT2D eigenvalue weighted by molar-refractivity contribution is 6.36. The number of nitrogens with zero attached hydrogens (tertiary/aromatic N) is 2. The lowest BCUT2D eigenvalue weighted by Crippen LogP contribution is -2.28. The van der Waals surface area contributed by atoms with Crippen LogP contribution < -0.4 is 5.32 Å². The Bertz CT molecular complexity index is 1100. The fourth-order valence-electron chi connectivity index (χ4n) is 4.04. The molecule has 144 valence electrons. The minimum absolute atomic E-state index is 0.514. The van der Waals surface area contributed by atoms with Crippen molar-refractivity contribution in [1.82, 2.24) is 20.5 Å². The Morgan fingerprint density at radius 2 is 1.62 bits per heavy atom. The van der Waals surface area contributed by atoms with Crippen LogP contribution in [0.25, 0.3) is 22.5 Å². The summed E-state index contributed by atoms with van der Waals surface area (Å²) in [7, 11) is 0. The monoisotopic (exact) mass is 400 g/mol. The molecule has 1 aliphatic rings. The lowest BCUT2D eigenvalue weighted by atomic mass is 10.0. The Morgan fingerprint density at radius 1 is 0.897 bits per heavy atom. The van der Waals surface area contributed by atoms with E-state index in [0.717, 1.165) is 36.1 Å². The van der Waals surface area contributed by atoms with Crippen LogP contribution in [-0.2, 0) is 19.4 Å². The molecule has 0 saturated carbocycles. The van der Waals surface area contributed by atoms with Crippen molar-refractivity contribution in [2.45, 2.75) is 25.4 Å². The molecule has 0 unspecified atom stereocenters. The summed E-state index contributed by atoms with van der Waals surface area (Å²) in [4.78, 5) is 4.21. The summed E-state index contributed by atoms with van der Waals surface area (Å²) in [5.41, 5.74) is 7.16. The van der Waals surface area contributed by atoms with Gasteiger partial charge in [0.25, 0.3) is 0 Å². The number of H-pyrrole nitrogens is 1. The topological polar surface area (TPSA) is 53.6 Å². The first-order valence-electron chi connectivity index (χ1n) is 9.81. The fraction of sp³-hybridized carbons (Fsp3) is 0.167. The number of aromatic nitrogens is 3. The third-order valence-electron chi connectivity index (χ3n) is 5.58. The highest BCUT2D eigenvalue weighted by atomic mass is 35.5. The molecule has 4 nitrogen and oxygen atoms in total. The predicted molar refractivity (Wildman–Crippen MR) is 117 cm³/mol.